The van der Waals surface area contributed by atoms with Crippen molar-refractivity contribution in [1.82, 2.24) is 0 Å². The van der Waals surface area contributed by atoms with Gasteiger partial charge in [-0.3, -0.25) is 14.5 Å². The molecule has 2 aromatic carbocycles. The fourth-order valence-electron chi connectivity index (χ4n) is 3.69. The first-order valence-electron chi connectivity index (χ1n) is 9.46. The minimum atomic E-state index is -0.954. The second-order valence-corrected chi connectivity index (χ2v) is 7.02. The molecule has 1 atom stereocenters. The van der Waals surface area contributed by atoms with Crippen molar-refractivity contribution in [2.45, 2.75) is 13.0 Å². The molecule has 3 aromatic rings. The average molecular weight is 414 g/mol. The number of nitriles is 1. The van der Waals surface area contributed by atoms with Gasteiger partial charge in [0.25, 0.3) is 11.7 Å². The van der Waals surface area contributed by atoms with Crippen molar-refractivity contribution in [3.05, 3.63) is 88.9 Å². The van der Waals surface area contributed by atoms with E-state index in [-0.39, 0.29) is 11.3 Å². The Labute approximate surface area is 178 Å². The number of benzene rings is 2. The van der Waals surface area contributed by atoms with E-state index in [0.29, 0.717) is 33.9 Å². The van der Waals surface area contributed by atoms with Crippen LogP contribution in [-0.4, -0.2) is 23.9 Å². The van der Waals surface area contributed by atoms with Gasteiger partial charge in [-0.15, -0.1) is 0 Å². The number of hydrogen-bond donors (Lipinski definition) is 1. The van der Waals surface area contributed by atoms with E-state index in [1.165, 1.54) is 18.3 Å². The van der Waals surface area contributed by atoms with Gasteiger partial charge in [-0.25, -0.2) is 0 Å². The summed E-state index contributed by atoms with van der Waals surface area (Å²) >= 11 is 0. The SMILES string of the molecule is COc1ccc(/C(O)=C2/C(=O)C(=O)N(c3ccc(C#N)cc3)C2c2ccco2)c(C)c1. The third-order valence-electron chi connectivity index (χ3n) is 5.22. The van der Waals surface area contributed by atoms with E-state index in [2.05, 4.69) is 0 Å². The molecule has 0 saturated carbocycles. The number of carbonyl (C=O) groups is 2. The van der Waals surface area contributed by atoms with Crippen LogP contribution in [0.15, 0.2) is 70.9 Å². The van der Waals surface area contributed by atoms with Gasteiger partial charge in [0.15, 0.2) is 0 Å². The molecule has 4 rings (SSSR count). The maximum Gasteiger partial charge on any atom is 0.300 e. The van der Waals surface area contributed by atoms with Gasteiger partial charge >= 0.3 is 0 Å². The number of aliphatic hydroxyl groups excluding tert-OH is 1. The van der Waals surface area contributed by atoms with Crippen molar-refractivity contribution in [1.29, 1.82) is 5.26 Å². The number of nitrogens with zero attached hydrogens (tertiary/aromatic N) is 2. The molecule has 1 unspecified atom stereocenters. The van der Waals surface area contributed by atoms with Crippen molar-refractivity contribution in [3.8, 4) is 11.8 Å². The fraction of sp³-hybridized carbons (Fsp3) is 0.125. The lowest BCUT2D eigenvalue weighted by Crippen LogP contribution is -2.29. The van der Waals surface area contributed by atoms with Gasteiger partial charge in [0, 0.05) is 11.3 Å². The molecule has 7 heteroatoms. The lowest BCUT2D eigenvalue weighted by atomic mass is 9.96. The normalized spacial score (nSPS) is 17.6. The van der Waals surface area contributed by atoms with E-state index in [1.807, 2.05) is 6.07 Å². The molecule has 2 heterocycles. The molecule has 1 aliphatic rings. The van der Waals surface area contributed by atoms with Crippen LogP contribution >= 0.6 is 0 Å². The number of hydrogen-bond acceptors (Lipinski definition) is 6. The summed E-state index contributed by atoms with van der Waals surface area (Å²) in [6.07, 6.45) is 1.44. The molecule has 0 bridgehead atoms. The number of methoxy groups -OCH3 is 1. The Balaban J connectivity index is 1.91. The van der Waals surface area contributed by atoms with Crippen molar-refractivity contribution in [2.24, 2.45) is 0 Å². The van der Waals surface area contributed by atoms with Gasteiger partial charge in [-0.1, -0.05) is 0 Å². The van der Waals surface area contributed by atoms with Crippen LogP contribution < -0.4 is 9.64 Å². The van der Waals surface area contributed by atoms with Crippen LogP contribution in [0.4, 0.5) is 5.69 Å². The molecule has 1 saturated heterocycles. The number of aryl methyl sites for hydroxylation is 1. The van der Waals surface area contributed by atoms with Gasteiger partial charge in [0.2, 0.25) is 0 Å². The Morgan fingerprint density at radius 2 is 1.90 bits per heavy atom. The summed E-state index contributed by atoms with van der Waals surface area (Å²) in [5.41, 5.74) is 1.85. The van der Waals surface area contributed by atoms with Crippen LogP contribution in [0, 0.1) is 18.3 Å². The molecular weight excluding hydrogens is 396 g/mol. The Bertz CT molecular complexity index is 1230. The molecule has 154 valence electrons. The van der Waals surface area contributed by atoms with E-state index in [1.54, 1.807) is 61.5 Å². The van der Waals surface area contributed by atoms with E-state index in [9.17, 15) is 14.7 Å². The first kappa shape index (κ1) is 20.0. The third-order valence-corrected chi connectivity index (χ3v) is 5.22. The molecule has 31 heavy (non-hydrogen) atoms. The molecular formula is C24H18N2O5. The first-order valence-corrected chi connectivity index (χ1v) is 9.46. The standard InChI is InChI=1S/C24H18N2O5/c1-14-12-17(30-2)9-10-18(14)22(27)20-21(19-4-3-11-31-19)26(24(29)23(20)28)16-7-5-15(13-25)6-8-16/h3-12,21,27H,1-2H3/b22-20-. The summed E-state index contributed by atoms with van der Waals surface area (Å²) in [5, 5.41) is 20.2. The quantitative estimate of drug-likeness (QED) is 0.392. The van der Waals surface area contributed by atoms with Crippen molar-refractivity contribution in [2.75, 3.05) is 12.0 Å². The van der Waals surface area contributed by atoms with Crippen LogP contribution in [0.5, 0.6) is 5.75 Å². The Hall–Kier alpha value is -4.31. The van der Waals surface area contributed by atoms with Gasteiger partial charge in [-0.2, -0.15) is 5.26 Å². The minimum Gasteiger partial charge on any atom is -0.507 e. The van der Waals surface area contributed by atoms with E-state index >= 15 is 0 Å². The number of ether oxygens (including phenoxy) is 1. The zero-order chi connectivity index (χ0) is 22.1. The molecule has 0 spiro atoms. The largest absolute Gasteiger partial charge is 0.507 e. The maximum absolute atomic E-state index is 13.0. The number of carbonyl (C=O) groups excluding carboxylic acids is 2. The van der Waals surface area contributed by atoms with E-state index < -0.39 is 17.7 Å². The topological polar surface area (TPSA) is 104 Å². The molecule has 0 radical (unpaired) electrons. The van der Waals surface area contributed by atoms with Crippen molar-refractivity contribution in [3.63, 3.8) is 0 Å². The zero-order valence-electron chi connectivity index (χ0n) is 16.8. The molecule has 1 aliphatic heterocycles. The summed E-state index contributed by atoms with van der Waals surface area (Å²) in [6, 6.07) is 15.7. The first-order chi connectivity index (χ1) is 15.0. The Morgan fingerprint density at radius 1 is 1.16 bits per heavy atom. The third kappa shape index (κ3) is 3.34. The highest BCUT2D eigenvalue weighted by Crippen LogP contribution is 2.42. The Morgan fingerprint density at radius 3 is 2.48 bits per heavy atom. The molecule has 1 N–H and O–H groups in total. The number of amides is 1. The molecule has 0 aliphatic carbocycles. The second kappa shape index (κ2) is 7.84. The summed E-state index contributed by atoms with van der Waals surface area (Å²) in [6.45, 7) is 1.77. The lowest BCUT2D eigenvalue weighted by molar-refractivity contribution is -0.132. The predicted molar refractivity (Wildman–Crippen MR) is 112 cm³/mol. The van der Waals surface area contributed by atoms with Gasteiger partial charge < -0.3 is 14.3 Å². The zero-order valence-corrected chi connectivity index (χ0v) is 16.8. The summed E-state index contributed by atoms with van der Waals surface area (Å²) in [7, 11) is 1.54. The Kier molecular flexibility index (Phi) is 5.05. The van der Waals surface area contributed by atoms with Crippen LogP contribution in [-0.2, 0) is 9.59 Å². The minimum absolute atomic E-state index is 0.0717. The monoisotopic (exact) mass is 414 g/mol. The summed E-state index contributed by atoms with van der Waals surface area (Å²) < 4.78 is 10.7. The maximum atomic E-state index is 13.0. The average Bonchev–Trinajstić information content (AvgIpc) is 3.40. The number of rotatable bonds is 4. The van der Waals surface area contributed by atoms with Crippen LogP contribution in [0.1, 0.15) is 28.5 Å². The number of furan rings is 1. The summed E-state index contributed by atoms with van der Waals surface area (Å²) in [4.78, 5) is 27.3. The van der Waals surface area contributed by atoms with Gasteiger partial charge in [-0.05, 0) is 67.1 Å². The molecule has 1 aromatic heterocycles. The molecule has 1 fully saturated rings. The van der Waals surface area contributed by atoms with Crippen molar-refractivity contribution < 1.29 is 23.8 Å². The molecule has 1 amide bonds. The fourth-order valence-corrected chi connectivity index (χ4v) is 3.69. The van der Waals surface area contributed by atoms with Crippen molar-refractivity contribution >= 4 is 23.1 Å². The number of Topliss-reactive ketones (excluding diaryl/α,β-unsaturated/α-hetero) is 1. The predicted octanol–water partition coefficient (Wildman–Crippen LogP) is 4.09. The summed E-state index contributed by atoms with van der Waals surface area (Å²) in [5.74, 6) is -0.973. The second-order valence-electron chi connectivity index (χ2n) is 7.02. The van der Waals surface area contributed by atoms with Crippen LogP contribution in [0.25, 0.3) is 5.76 Å². The van der Waals surface area contributed by atoms with Gasteiger partial charge in [0.05, 0.1) is 30.6 Å². The number of aliphatic hydroxyl groups is 1. The highest BCUT2D eigenvalue weighted by atomic mass is 16.5. The van der Waals surface area contributed by atoms with Crippen LogP contribution in [0.3, 0.4) is 0 Å². The highest BCUT2D eigenvalue weighted by Gasteiger charge is 2.48. The molecule has 7 nitrogen and oxygen atoms in total. The van der Waals surface area contributed by atoms with Gasteiger partial charge in [0.1, 0.15) is 23.3 Å². The lowest BCUT2D eigenvalue weighted by Gasteiger charge is -2.23. The number of anilines is 1. The smallest absolute Gasteiger partial charge is 0.300 e. The van der Waals surface area contributed by atoms with Crippen LogP contribution in [0.2, 0.25) is 0 Å². The van der Waals surface area contributed by atoms with E-state index in [0.717, 1.165) is 0 Å². The highest BCUT2D eigenvalue weighted by molar-refractivity contribution is 6.51. The number of ketones is 1. The van der Waals surface area contributed by atoms with E-state index in [4.69, 9.17) is 14.4 Å².